The second-order valence-corrected chi connectivity index (χ2v) is 4.65. The van der Waals surface area contributed by atoms with Gasteiger partial charge in [0, 0.05) is 20.3 Å². The Bertz CT molecular complexity index is 373. The van der Waals surface area contributed by atoms with Crippen LogP contribution in [0.2, 0.25) is 0 Å². The smallest absolute Gasteiger partial charge is 0.119 e. The molecule has 0 aliphatic rings. The lowest BCUT2D eigenvalue weighted by Crippen LogP contribution is -2.22. The number of benzene rings is 1. The molecule has 0 aliphatic heterocycles. The molecule has 0 bridgehead atoms. The first-order valence-corrected chi connectivity index (χ1v) is 7.27. The van der Waals surface area contributed by atoms with Crippen LogP contribution in [0.15, 0.2) is 24.3 Å². The Morgan fingerprint density at radius 1 is 1.05 bits per heavy atom. The zero-order valence-corrected chi connectivity index (χ0v) is 13.3. The van der Waals surface area contributed by atoms with Crippen LogP contribution in [0.3, 0.4) is 0 Å². The lowest BCUT2D eigenvalue weighted by Gasteiger charge is -2.17. The molecule has 0 spiro atoms. The molecule has 1 aromatic rings. The lowest BCUT2D eigenvalue weighted by atomic mass is 10.1. The Balaban J connectivity index is 2.22. The maximum absolute atomic E-state index is 5.66. The van der Waals surface area contributed by atoms with Crippen molar-refractivity contribution >= 4 is 0 Å². The van der Waals surface area contributed by atoms with Gasteiger partial charge >= 0.3 is 0 Å². The van der Waals surface area contributed by atoms with Gasteiger partial charge in [0.1, 0.15) is 5.75 Å². The zero-order valence-electron chi connectivity index (χ0n) is 13.3. The SMILES string of the molecule is CNC(COCCOCCCOC)c1cccc(OC)c1. The van der Waals surface area contributed by atoms with Crippen molar-refractivity contribution in [3.05, 3.63) is 29.8 Å². The fourth-order valence-electron chi connectivity index (χ4n) is 1.93. The number of nitrogens with one attached hydrogen (secondary N) is 1. The third-order valence-corrected chi connectivity index (χ3v) is 3.14. The van der Waals surface area contributed by atoms with Gasteiger partial charge in [0.05, 0.1) is 33.0 Å². The summed E-state index contributed by atoms with van der Waals surface area (Å²) in [7, 11) is 5.29. The summed E-state index contributed by atoms with van der Waals surface area (Å²) in [5.74, 6) is 0.856. The standard InChI is InChI=1S/C16H27NO4/c1-17-16(14-6-4-7-15(12-14)19-3)13-21-11-10-20-9-5-8-18-2/h4,6-7,12,16-17H,5,8-11,13H2,1-3H3. The Labute approximate surface area is 127 Å². The molecule has 1 unspecified atom stereocenters. The van der Waals surface area contributed by atoms with Gasteiger partial charge in [0.15, 0.2) is 0 Å². The van der Waals surface area contributed by atoms with Crippen LogP contribution in [-0.4, -0.2) is 54.3 Å². The molecule has 1 atom stereocenters. The van der Waals surface area contributed by atoms with E-state index in [0.29, 0.717) is 26.4 Å². The van der Waals surface area contributed by atoms with E-state index in [1.54, 1.807) is 14.2 Å². The number of methoxy groups -OCH3 is 2. The van der Waals surface area contributed by atoms with Crippen molar-refractivity contribution in [3.63, 3.8) is 0 Å². The van der Waals surface area contributed by atoms with Gasteiger partial charge in [-0.05, 0) is 31.2 Å². The predicted molar refractivity (Wildman–Crippen MR) is 82.9 cm³/mol. The van der Waals surface area contributed by atoms with Crippen LogP contribution in [0.5, 0.6) is 5.75 Å². The minimum atomic E-state index is 0.147. The topological polar surface area (TPSA) is 49.0 Å². The average Bonchev–Trinajstić information content (AvgIpc) is 2.53. The molecule has 0 amide bonds. The van der Waals surface area contributed by atoms with Gasteiger partial charge in [-0.3, -0.25) is 0 Å². The van der Waals surface area contributed by atoms with Crippen LogP contribution in [0, 0.1) is 0 Å². The molecular weight excluding hydrogens is 270 g/mol. The number of hydrogen-bond acceptors (Lipinski definition) is 5. The van der Waals surface area contributed by atoms with Crippen molar-refractivity contribution in [1.29, 1.82) is 0 Å². The number of ether oxygens (including phenoxy) is 4. The average molecular weight is 297 g/mol. The third-order valence-electron chi connectivity index (χ3n) is 3.14. The van der Waals surface area contributed by atoms with E-state index in [-0.39, 0.29) is 6.04 Å². The van der Waals surface area contributed by atoms with E-state index in [0.717, 1.165) is 24.3 Å². The summed E-state index contributed by atoms with van der Waals surface area (Å²) in [5, 5.41) is 3.25. The zero-order chi connectivity index (χ0) is 15.3. The minimum absolute atomic E-state index is 0.147. The predicted octanol–water partition coefficient (Wildman–Crippen LogP) is 2.03. The Morgan fingerprint density at radius 3 is 2.57 bits per heavy atom. The summed E-state index contributed by atoms with van der Waals surface area (Å²) < 4.78 is 21.3. The summed E-state index contributed by atoms with van der Waals surface area (Å²) in [6.07, 6.45) is 0.916. The first-order chi connectivity index (χ1) is 10.3. The summed E-state index contributed by atoms with van der Waals surface area (Å²) in [6.45, 7) is 3.25. The van der Waals surface area contributed by atoms with E-state index in [2.05, 4.69) is 11.4 Å². The van der Waals surface area contributed by atoms with Crippen molar-refractivity contribution in [2.24, 2.45) is 0 Å². The second-order valence-electron chi connectivity index (χ2n) is 4.65. The van der Waals surface area contributed by atoms with Crippen LogP contribution < -0.4 is 10.1 Å². The van der Waals surface area contributed by atoms with Gasteiger partial charge in [-0.1, -0.05) is 12.1 Å². The summed E-state index contributed by atoms with van der Waals surface area (Å²) in [4.78, 5) is 0. The van der Waals surface area contributed by atoms with Gasteiger partial charge in [0.25, 0.3) is 0 Å². The fourth-order valence-corrected chi connectivity index (χ4v) is 1.93. The maximum Gasteiger partial charge on any atom is 0.119 e. The van der Waals surface area contributed by atoms with Crippen molar-refractivity contribution in [1.82, 2.24) is 5.32 Å². The first kappa shape index (κ1) is 17.9. The summed E-state index contributed by atoms with van der Waals surface area (Å²) >= 11 is 0. The lowest BCUT2D eigenvalue weighted by molar-refractivity contribution is 0.0330. The van der Waals surface area contributed by atoms with Crippen LogP contribution in [0.4, 0.5) is 0 Å². The van der Waals surface area contributed by atoms with E-state index < -0.39 is 0 Å². The molecule has 120 valence electrons. The molecule has 5 nitrogen and oxygen atoms in total. The van der Waals surface area contributed by atoms with Crippen LogP contribution in [-0.2, 0) is 14.2 Å². The fraction of sp³-hybridized carbons (Fsp3) is 0.625. The van der Waals surface area contributed by atoms with E-state index in [9.17, 15) is 0 Å². The van der Waals surface area contributed by atoms with Crippen molar-refractivity contribution in [3.8, 4) is 5.75 Å². The first-order valence-electron chi connectivity index (χ1n) is 7.27. The number of rotatable bonds is 12. The van der Waals surface area contributed by atoms with Gasteiger partial charge in [-0.2, -0.15) is 0 Å². The molecule has 0 fully saturated rings. The normalized spacial score (nSPS) is 12.3. The van der Waals surface area contributed by atoms with Gasteiger partial charge in [-0.15, -0.1) is 0 Å². The summed E-state index contributed by atoms with van der Waals surface area (Å²) in [6, 6.07) is 8.15. The molecule has 21 heavy (non-hydrogen) atoms. The number of likely N-dealkylation sites (N-methyl/N-ethyl adjacent to an activating group) is 1. The molecule has 5 heteroatoms. The monoisotopic (exact) mass is 297 g/mol. The Kier molecular flexibility index (Phi) is 9.82. The van der Waals surface area contributed by atoms with Crippen molar-refractivity contribution in [2.75, 3.05) is 54.3 Å². The molecular formula is C16H27NO4. The van der Waals surface area contributed by atoms with E-state index in [1.165, 1.54) is 0 Å². The molecule has 1 aromatic carbocycles. The largest absolute Gasteiger partial charge is 0.497 e. The molecule has 0 aliphatic carbocycles. The van der Waals surface area contributed by atoms with Crippen molar-refractivity contribution < 1.29 is 18.9 Å². The molecule has 0 heterocycles. The second kappa shape index (κ2) is 11.5. The highest BCUT2D eigenvalue weighted by atomic mass is 16.5. The third kappa shape index (κ3) is 7.43. The van der Waals surface area contributed by atoms with Crippen LogP contribution in [0.25, 0.3) is 0 Å². The molecule has 0 radical (unpaired) electrons. The minimum Gasteiger partial charge on any atom is -0.497 e. The molecule has 0 saturated heterocycles. The molecule has 0 aromatic heterocycles. The van der Waals surface area contributed by atoms with E-state index >= 15 is 0 Å². The van der Waals surface area contributed by atoms with Crippen LogP contribution >= 0.6 is 0 Å². The Morgan fingerprint density at radius 2 is 1.86 bits per heavy atom. The quantitative estimate of drug-likeness (QED) is 0.598. The van der Waals surface area contributed by atoms with Gasteiger partial charge in [0.2, 0.25) is 0 Å². The van der Waals surface area contributed by atoms with Gasteiger partial charge < -0.3 is 24.3 Å². The van der Waals surface area contributed by atoms with E-state index in [4.69, 9.17) is 18.9 Å². The molecule has 1 rings (SSSR count). The summed E-state index contributed by atoms with van der Waals surface area (Å²) in [5.41, 5.74) is 1.15. The highest BCUT2D eigenvalue weighted by molar-refractivity contribution is 5.30. The highest BCUT2D eigenvalue weighted by Crippen LogP contribution is 2.19. The Hall–Kier alpha value is -1.14. The highest BCUT2D eigenvalue weighted by Gasteiger charge is 2.10. The molecule has 0 saturated carbocycles. The van der Waals surface area contributed by atoms with Crippen molar-refractivity contribution in [2.45, 2.75) is 12.5 Å². The maximum atomic E-state index is 5.66. The van der Waals surface area contributed by atoms with Gasteiger partial charge in [-0.25, -0.2) is 0 Å². The number of hydrogen-bond donors (Lipinski definition) is 1. The van der Waals surface area contributed by atoms with Crippen LogP contribution in [0.1, 0.15) is 18.0 Å². The van der Waals surface area contributed by atoms with E-state index in [1.807, 2.05) is 25.2 Å². The molecule has 1 N–H and O–H groups in total.